The van der Waals surface area contributed by atoms with Crippen LogP contribution in [0.2, 0.25) is 0 Å². The number of benzene rings is 6. The molecule has 0 N–H and O–H groups in total. The number of rotatable bonds is 5. The second-order valence-electron chi connectivity index (χ2n) is 11.1. The fraction of sp³-hybridized carbons (Fsp3) is 0. The van der Waals surface area contributed by atoms with Crippen LogP contribution < -0.4 is 4.90 Å². The van der Waals surface area contributed by atoms with Crippen molar-refractivity contribution in [3.63, 3.8) is 0 Å². The lowest BCUT2D eigenvalue weighted by Gasteiger charge is -2.25. The molecule has 0 saturated heterocycles. The van der Waals surface area contributed by atoms with E-state index < -0.39 is 0 Å². The molecule has 0 unspecified atom stereocenters. The van der Waals surface area contributed by atoms with Crippen LogP contribution in [0, 0.1) is 0 Å². The Morgan fingerprint density at radius 3 is 1.87 bits per heavy atom. The van der Waals surface area contributed by atoms with Crippen molar-refractivity contribution in [1.82, 2.24) is 30.9 Å². The molecule has 4 aromatic heterocycles. The molecule has 6 aromatic carbocycles. The number of aromatic nitrogens is 6. The summed E-state index contributed by atoms with van der Waals surface area (Å²) in [6, 6.07) is 37.9. The zero-order valence-corrected chi connectivity index (χ0v) is 24.2. The minimum absolute atomic E-state index is 0.500. The van der Waals surface area contributed by atoms with Crippen molar-refractivity contribution in [2.45, 2.75) is 0 Å². The van der Waals surface area contributed by atoms with Crippen molar-refractivity contribution in [3.05, 3.63) is 115 Å². The van der Waals surface area contributed by atoms with Gasteiger partial charge in [-0.05, 0) is 102 Å². The second kappa shape index (κ2) is 9.81. The van der Waals surface area contributed by atoms with Gasteiger partial charge in [-0.2, -0.15) is 0 Å². The number of hydrogen-bond acceptors (Lipinski definition) is 11. The van der Waals surface area contributed by atoms with Crippen molar-refractivity contribution < 1.29 is 18.3 Å². The fourth-order valence-corrected chi connectivity index (χ4v) is 6.33. The molecule has 0 spiro atoms. The molecule has 0 saturated carbocycles. The lowest BCUT2D eigenvalue weighted by Crippen LogP contribution is -2.12. The normalized spacial score (nSPS) is 11.8. The lowest BCUT2D eigenvalue weighted by molar-refractivity contribution is 0.315. The third kappa shape index (κ3) is 3.86. The molecule has 11 heteroatoms. The molecule has 0 aliphatic heterocycles. The van der Waals surface area contributed by atoms with E-state index in [0.717, 1.165) is 38.4 Å². The smallest absolute Gasteiger partial charge is 0.159 e. The maximum absolute atomic E-state index is 6.19. The van der Waals surface area contributed by atoms with E-state index in [2.05, 4.69) is 61.3 Å². The van der Waals surface area contributed by atoms with Crippen LogP contribution >= 0.6 is 0 Å². The Balaban J connectivity index is 1.20. The first-order chi connectivity index (χ1) is 23.3. The highest BCUT2D eigenvalue weighted by atomic mass is 16.6. The third-order valence-electron chi connectivity index (χ3n) is 8.53. The van der Waals surface area contributed by atoms with E-state index in [0.29, 0.717) is 55.9 Å². The number of furan rings is 1. The molecule has 222 valence electrons. The van der Waals surface area contributed by atoms with E-state index in [4.69, 9.17) is 18.3 Å². The summed E-state index contributed by atoms with van der Waals surface area (Å²) in [4.78, 5) is 1.97. The van der Waals surface area contributed by atoms with Crippen LogP contribution in [0.25, 0.3) is 77.3 Å². The second-order valence-corrected chi connectivity index (χ2v) is 11.1. The third-order valence-corrected chi connectivity index (χ3v) is 8.53. The molecule has 0 aliphatic carbocycles. The number of hydrogen-bond donors (Lipinski definition) is 0. The Kier molecular flexibility index (Phi) is 5.31. The Hall–Kier alpha value is -6.88. The number of nitrogens with zero attached hydrogens (tertiary/aromatic N) is 7. The largest absolute Gasteiger partial charge is 0.456 e. The average molecular weight is 614 g/mol. The van der Waals surface area contributed by atoms with Crippen LogP contribution in [0.3, 0.4) is 0 Å². The summed E-state index contributed by atoms with van der Waals surface area (Å²) >= 11 is 0. The zero-order valence-electron chi connectivity index (χ0n) is 24.2. The van der Waals surface area contributed by atoms with Gasteiger partial charge in [-0.15, -0.1) is 0 Å². The first kappa shape index (κ1) is 25.4. The topological polar surface area (TPSA) is 133 Å². The molecule has 0 bridgehead atoms. The SMILES string of the molecule is c1ccc2cc(-c3ccc(N(c4cccc5nonc45)c4ccc(-c5cc6ccccc6o5)c5nonc45)c4nonc34)ccc2c1. The van der Waals surface area contributed by atoms with Crippen molar-refractivity contribution >= 4 is 71.9 Å². The maximum atomic E-state index is 6.19. The molecule has 0 atom stereocenters. The van der Waals surface area contributed by atoms with Gasteiger partial charge in [0.25, 0.3) is 0 Å². The van der Waals surface area contributed by atoms with Crippen molar-refractivity contribution in [1.29, 1.82) is 0 Å². The van der Waals surface area contributed by atoms with Gasteiger partial charge in [0.1, 0.15) is 27.9 Å². The van der Waals surface area contributed by atoms with Gasteiger partial charge in [-0.25, -0.2) is 13.9 Å². The summed E-state index contributed by atoms with van der Waals surface area (Å²) < 4.78 is 22.1. The zero-order chi connectivity index (χ0) is 30.9. The van der Waals surface area contributed by atoms with Crippen molar-refractivity contribution in [2.24, 2.45) is 0 Å². The minimum atomic E-state index is 0.500. The fourth-order valence-electron chi connectivity index (χ4n) is 6.33. The maximum Gasteiger partial charge on any atom is 0.159 e. The summed E-state index contributed by atoms with van der Waals surface area (Å²) in [6.07, 6.45) is 0. The summed E-state index contributed by atoms with van der Waals surface area (Å²) in [5.74, 6) is 0.649. The molecule has 0 aliphatic rings. The number of fused-ring (bicyclic) bond motifs is 5. The highest BCUT2D eigenvalue weighted by Gasteiger charge is 2.27. The first-order valence-electron chi connectivity index (χ1n) is 14.8. The molecule has 0 radical (unpaired) electrons. The van der Waals surface area contributed by atoms with Gasteiger partial charge in [-0.1, -0.05) is 60.7 Å². The van der Waals surface area contributed by atoms with E-state index in [9.17, 15) is 0 Å². The molecule has 0 fully saturated rings. The van der Waals surface area contributed by atoms with Gasteiger partial charge >= 0.3 is 0 Å². The average Bonchev–Trinajstić information content (AvgIpc) is 3.94. The standard InChI is InChI=1S/C36H19N7O4/c1-2-7-21-18-22(13-12-20(21)6-1)24-14-16-28(35-32(24)38-46-41-35)43(27-10-5-9-26-34(27)40-45-37-26)29-17-15-25(33-36(29)42-47-39-33)31-19-23-8-3-4-11-30(23)44-31/h1-19H. The Morgan fingerprint density at radius 2 is 1.06 bits per heavy atom. The van der Waals surface area contributed by atoms with Gasteiger partial charge < -0.3 is 9.32 Å². The molecule has 10 rings (SSSR count). The number of para-hydroxylation sites is 1. The minimum Gasteiger partial charge on any atom is -0.456 e. The van der Waals surface area contributed by atoms with E-state index in [1.807, 2.05) is 89.8 Å². The molecular formula is C36H19N7O4. The molecule has 10 aromatic rings. The van der Waals surface area contributed by atoms with Gasteiger partial charge in [0, 0.05) is 16.5 Å². The summed E-state index contributed by atoms with van der Waals surface area (Å²) in [6.45, 7) is 0. The van der Waals surface area contributed by atoms with Gasteiger partial charge in [0.2, 0.25) is 0 Å². The molecule has 11 nitrogen and oxygen atoms in total. The van der Waals surface area contributed by atoms with E-state index in [1.54, 1.807) is 0 Å². The van der Waals surface area contributed by atoms with Crippen LogP contribution in [0.15, 0.2) is 134 Å². The molecule has 0 amide bonds. The van der Waals surface area contributed by atoms with Gasteiger partial charge in [-0.3, -0.25) is 0 Å². The Bertz CT molecular complexity index is 2760. The predicted octanol–water partition coefficient (Wildman–Crippen LogP) is 9.00. The van der Waals surface area contributed by atoms with Crippen LogP contribution in [-0.4, -0.2) is 30.9 Å². The summed E-state index contributed by atoms with van der Waals surface area (Å²) in [7, 11) is 0. The molecule has 4 heterocycles. The Morgan fingerprint density at radius 1 is 0.426 bits per heavy atom. The van der Waals surface area contributed by atoms with Crippen molar-refractivity contribution in [3.8, 4) is 22.5 Å². The van der Waals surface area contributed by atoms with Gasteiger partial charge in [0.15, 0.2) is 16.6 Å². The first-order valence-corrected chi connectivity index (χ1v) is 14.8. The van der Waals surface area contributed by atoms with Gasteiger partial charge in [0.05, 0.1) is 17.1 Å². The number of anilines is 3. The monoisotopic (exact) mass is 613 g/mol. The van der Waals surface area contributed by atoms with E-state index in [-0.39, 0.29) is 0 Å². The summed E-state index contributed by atoms with van der Waals surface area (Å²) in [5.41, 5.74) is 8.67. The quantitative estimate of drug-likeness (QED) is 0.184. The molecular weight excluding hydrogens is 594 g/mol. The predicted molar refractivity (Wildman–Crippen MR) is 175 cm³/mol. The highest BCUT2D eigenvalue weighted by molar-refractivity contribution is 6.09. The highest BCUT2D eigenvalue weighted by Crippen LogP contribution is 2.46. The van der Waals surface area contributed by atoms with Crippen molar-refractivity contribution in [2.75, 3.05) is 4.90 Å². The van der Waals surface area contributed by atoms with Crippen LogP contribution in [0.5, 0.6) is 0 Å². The van der Waals surface area contributed by atoms with Crippen LogP contribution in [0.4, 0.5) is 17.1 Å². The van der Waals surface area contributed by atoms with Crippen LogP contribution in [-0.2, 0) is 0 Å². The Labute approximate surface area is 263 Å². The lowest BCUT2D eigenvalue weighted by atomic mass is 9.99. The van der Waals surface area contributed by atoms with E-state index in [1.165, 1.54) is 0 Å². The molecule has 47 heavy (non-hydrogen) atoms. The van der Waals surface area contributed by atoms with E-state index >= 15 is 0 Å². The summed E-state index contributed by atoms with van der Waals surface area (Å²) in [5, 5.41) is 29.0. The van der Waals surface area contributed by atoms with Crippen LogP contribution in [0.1, 0.15) is 0 Å².